The molecule has 1 fully saturated rings. The second kappa shape index (κ2) is 5.88. The first-order valence-electron chi connectivity index (χ1n) is 7.51. The number of nitrogens with zero attached hydrogens (tertiary/aromatic N) is 1. The van der Waals surface area contributed by atoms with Crippen LogP contribution in [0.5, 0.6) is 0 Å². The van der Waals surface area contributed by atoms with Gasteiger partial charge in [0.2, 0.25) is 11.8 Å². The van der Waals surface area contributed by atoms with Gasteiger partial charge in [0, 0.05) is 19.5 Å². The van der Waals surface area contributed by atoms with E-state index in [0.29, 0.717) is 25.9 Å². The highest BCUT2D eigenvalue weighted by atomic mass is 16.2. The van der Waals surface area contributed by atoms with Crippen LogP contribution in [-0.4, -0.2) is 28.8 Å². The van der Waals surface area contributed by atoms with Crippen LogP contribution < -0.4 is 5.32 Å². The molecule has 1 N–H and O–H groups in total. The number of benzene rings is 1. The highest BCUT2D eigenvalue weighted by Crippen LogP contribution is 2.20. The van der Waals surface area contributed by atoms with Gasteiger partial charge in [0.25, 0.3) is 0 Å². The van der Waals surface area contributed by atoms with Gasteiger partial charge in [0.05, 0.1) is 0 Å². The van der Waals surface area contributed by atoms with Crippen LogP contribution in [0.1, 0.15) is 43.4 Å². The summed E-state index contributed by atoms with van der Waals surface area (Å²) in [5, 5.41) is 2.86. The standard InChI is InChI=1S/C17H24N2O2/c1-5-17(4)16(21)19(7-6-15(20)18-17)11-14-9-12(2)8-13(3)10-14/h8-10H,5-7,11H2,1-4H3,(H,18,20). The summed E-state index contributed by atoms with van der Waals surface area (Å²) in [4.78, 5) is 26.3. The van der Waals surface area contributed by atoms with Crippen LogP contribution in [0, 0.1) is 13.8 Å². The van der Waals surface area contributed by atoms with Gasteiger partial charge in [0.15, 0.2) is 0 Å². The maximum absolute atomic E-state index is 12.7. The number of hydrogen-bond acceptors (Lipinski definition) is 2. The van der Waals surface area contributed by atoms with Crippen molar-refractivity contribution in [2.24, 2.45) is 0 Å². The summed E-state index contributed by atoms with van der Waals surface area (Å²) in [7, 11) is 0. The Kier molecular flexibility index (Phi) is 4.35. The number of carbonyl (C=O) groups is 2. The van der Waals surface area contributed by atoms with Crippen molar-refractivity contribution in [3.8, 4) is 0 Å². The molecule has 2 amide bonds. The molecule has 1 aliphatic heterocycles. The lowest BCUT2D eigenvalue weighted by molar-refractivity contribution is -0.138. The highest BCUT2D eigenvalue weighted by Gasteiger charge is 2.38. The maximum atomic E-state index is 12.7. The fraction of sp³-hybridized carbons (Fsp3) is 0.529. The molecule has 2 rings (SSSR count). The number of carbonyl (C=O) groups excluding carboxylic acids is 2. The molecule has 1 saturated heterocycles. The Hall–Kier alpha value is -1.84. The third-order valence-electron chi connectivity index (χ3n) is 4.15. The Morgan fingerprint density at radius 3 is 2.38 bits per heavy atom. The first-order valence-corrected chi connectivity index (χ1v) is 7.51. The average molecular weight is 288 g/mol. The Morgan fingerprint density at radius 1 is 1.19 bits per heavy atom. The number of amides is 2. The molecule has 0 bridgehead atoms. The van der Waals surface area contributed by atoms with E-state index in [1.54, 1.807) is 4.90 Å². The zero-order valence-corrected chi connectivity index (χ0v) is 13.3. The van der Waals surface area contributed by atoms with Crippen molar-refractivity contribution in [1.82, 2.24) is 10.2 Å². The van der Waals surface area contributed by atoms with Crippen molar-refractivity contribution in [2.75, 3.05) is 6.54 Å². The first-order chi connectivity index (χ1) is 9.84. The quantitative estimate of drug-likeness (QED) is 0.928. The van der Waals surface area contributed by atoms with Gasteiger partial charge in [-0.25, -0.2) is 0 Å². The number of hydrogen-bond donors (Lipinski definition) is 1. The molecule has 1 atom stereocenters. The summed E-state index contributed by atoms with van der Waals surface area (Å²) in [6, 6.07) is 6.32. The fourth-order valence-corrected chi connectivity index (χ4v) is 2.88. The molecule has 4 nitrogen and oxygen atoms in total. The zero-order valence-electron chi connectivity index (χ0n) is 13.3. The first kappa shape index (κ1) is 15.5. The van der Waals surface area contributed by atoms with Crippen molar-refractivity contribution < 1.29 is 9.59 Å². The summed E-state index contributed by atoms with van der Waals surface area (Å²) in [5.74, 6) is -0.0365. The van der Waals surface area contributed by atoms with Crippen LogP contribution in [0.3, 0.4) is 0 Å². The summed E-state index contributed by atoms with van der Waals surface area (Å²) in [5.41, 5.74) is 2.72. The minimum Gasteiger partial charge on any atom is -0.342 e. The molecular weight excluding hydrogens is 264 g/mol. The molecular formula is C17H24N2O2. The molecule has 21 heavy (non-hydrogen) atoms. The van der Waals surface area contributed by atoms with Gasteiger partial charge < -0.3 is 10.2 Å². The molecule has 0 radical (unpaired) electrons. The van der Waals surface area contributed by atoms with E-state index in [1.165, 1.54) is 11.1 Å². The maximum Gasteiger partial charge on any atom is 0.248 e. The second-order valence-corrected chi connectivity index (χ2v) is 6.21. The van der Waals surface area contributed by atoms with E-state index in [0.717, 1.165) is 5.56 Å². The summed E-state index contributed by atoms with van der Waals surface area (Å²) in [6.45, 7) is 8.90. The van der Waals surface area contributed by atoms with E-state index in [-0.39, 0.29) is 11.8 Å². The molecule has 1 unspecified atom stereocenters. The van der Waals surface area contributed by atoms with Crippen LogP contribution in [0.15, 0.2) is 18.2 Å². The van der Waals surface area contributed by atoms with Crippen molar-refractivity contribution in [3.05, 3.63) is 34.9 Å². The van der Waals surface area contributed by atoms with E-state index < -0.39 is 5.54 Å². The van der Waals surface area contributed by atoms with E-state index in [1.807, 2.05) is 13.8 Å². The highest BCUT2D eigenvalue weighted by molar-refractivity contribution is 5.93. The van der Waals surface area contributed by atoms with E-state index >= 15 is 0 Å². The molecule has 1 aliphatic rings. The predicted octanol–water partition coefficient (Wildman–Crippen LogP) is 2.32. The molecule has 1 aromatic rings. The van der Waals surface area contributed by atoms with Gasteiger partial charge in [-0.3, -0.25) is 9.59 Å². The average Bonchev–Trinajstić information content (AvgIpc) is 2.50. The van der Waals surface area contributed by atoms with Gasteiger partial charge in [-0.2, -0.15) is 0 Å². The Labute approximate surface area is 126 Å². The Morgan fingerprint density at radius 2 is 1.81 bits per heavy atom. The summed E-state index contributed by atoms with van der Waals surface area (Å²) >= 11 is 0. The summed E-state index contributed by atoms with van der Waals surface area (Å²) in [6.07, 6.45) is 0.965. The van der Waals surface area contributed by atoms with Crippen molar-refractivity contribution in [1.29, 1.82) is 0 Å². The van der Waals surface area contributed by atoms with Crippen molar-refractivity contribution in [3.63, 3.8) is 0 Å². The van der Waals surface area contributed by atoms with Crippen LogP contribution in [0.4, 0.5) is 0 Å². The van der Waals surface area contributed by atoms with Gasteiger partial charge in [-0.1, -0.05) is 36.2 Å². The second-order valence-electron chi connectivity index (χ2n) is 6.21. The third kappa shape index (κ3) is 3.43. The van der Waals surface area contributed by atoms with Crippen LogP contribution in [0.2, 0.25) is 0 Å². The topological polar surface area (TPSA) is 49.4 Å². The third-order valence-corrected chi connectivity index (χ3v) is 4.15. The molecule has 0 aromatic heterocycles. The smallest absolute Gasteiger partial charge is 0.248 e. The normalized spacial score (nSPS) is 23.0. The number of rotatable bonds is 3. The monoisotopic (exact) mass is 288 g/mol. The zero-order chi connectivity index (χ0) is 15.6. The van der Waals surface area contributed by atoms with E-state index in [9.17, 15) is 9.59 Å². The Balaban J connectivity index is 2.25. The van der Waals surface area contributed by atoms with Gasteiger partial charge in [0.1, 0.15) is 5.54 Å². The predicted molar refractivity (Wildman–Crippen MR) is 82.8 cm³/mol. The fourth-order valence-electron chi connectivity index (χ4n) is 2.88. The van der Waals surface area contributed by atoms with Gasteiger partial charge >= 0.3 is 0 Å². The van der Waals surface area contributed by atoms with Gasteiger partial charge in [-0.15, -0.1) is 0 Å². The van der Waals surface area contributed by atoms with Crippen LogP contribution >= 0.6 is 0 Å². The van der Waals surface area contributed by atoms with E-state index in [2.05, 4.69) is 37.4 Å². The van der Waals surface area contributed by atoms with Crippen LogP contribution in [0.25, 0.3) is 0 Å². The largest absolute Gasteiger partial charge is 0.342 e. The van der Waals surface area contributed by atoms with E-state index in [4.69, 9.17) is 0 Å². The molecule has 0 aliphatic carbocycles. The van der Waals surface area contributed by atoms with Crippen LogP contribution in [-0.2, 0) is 16.1 Å². The molecule has 1 aromatic carbocycles. The lowest BCUT2D eigenvalue weighted by Crippen LogP contribution is -2.54. The van der Waals surface area contributed by atoms with Crippen molar-refractivity contribution >= 4 is 11.8 Å². The number of nitrogens with one attached hydrogen (secondary N) is 1. The number of aryl methyl sites for hydroxylation is 2. The molecule has 4 heteroatoms. The molecule has 0 spiro atoms. The SMILES string of the molecule is CCC1(C)NC(=O)CCN(Cc2cc(C)cc(C)c2)C1=O. The molecule has 114 valence electrons. The lowest BCUT2D eigenvalue weighted by Gasteiger charge is -2.31. The minimum atomic E-state index is -0.785. The molecule has 0 saturated carbocycles. The lowest BCUT2D eigenvalue weighted by atomic mass is 9.97. The minimum absolute atomic E-state index is 0.00927. The van der Waals surface area contributed by atoms with Crippen molar-refractivity contribution in [2.45, 2.75) is 52.6 Å². The Bertz CT molecular complexity index is 548. The van der Waals surface area contributed by atoms with Gasteiger partial charge in [-0.05, 0) is 32.8 Å². The molecule has 1 heterocycles. The summed E-state index contributed by atoms with van der Waals surface area (Å²) < 4.78 is 0.